The number of hydrogen-bond acceptors (Lipinski definition) is 4. The summed E-state index contributed by atoms with van der Waals surface area (Å²) in [5.74, 6) is -0.151. The van der Waals surface area contributed by atoms with Crippen molar-refractivity contribution in [3.8, 4) is 0 Å². The van der Waals surface area contributed by atoms with Crippen molar-refractivity contribution in [1.29, 1.82) is 0 Å². The zero-order valence-electron chi connectivity index (χ0n) is 25.1. The fraction of sp³-hybridized carbons (Fsp3) is 0.394. The molecule has 0 heterocycles. The van der Waals surface area contributed by atoms with Gasteiger partial charge in [-0.2, -0.15) is 0 Å². The highest BCUT2D eigenvalue weighted by molar-refractivity contribution is 9.10. The molecule has 0 saturated carbocycles. The van der Waals surface area contributed by atoms with Gasteiger partial charge in [0.2, 0.25) is 21.8 Å². The van der Waals surface area contributed by atoms with E-state index in [2.05, 4.69) is 21.2 Å². The maximum absolute atomic E-state index is 14.0. The summed E-state index contributed by atoms with van der Waals surface area (Å²) in [5.41, 5.74) is 4.26. The quantitative estimate of drug-likeness (QED) is 0.230. The summed E-state index contributed by atoms with van der Waals surface area (Å²) in [6.45, 7) is 8.76. The molecule has 0 aliphatic rings. The topological polar surface area (TPSA) is 86.8 Å². The molecule has 0 unspecified atom stereocenters. The molecule has 3 aromatic rings. The van der Waals surface area contributed by atoms with E-state index < -0.39 is 16.1 Å². The van der Waals surface area contributed by atoms with Crippen LogP contribution in [-0.4, -0.2) is 50.5 Å². The number of amides is 2. The predicted molar refractivity (Wildman–Crippen MR) is 174 cm³/mol. The third-order valence-corrected chi connectivity index (χ3v) is 8.66. The number of rotatable bonds is 14. The summed E-state index contributed by atoms with van der Waals surface area (Å²) in [6.07, 6.45) is 1.95. The first-order chi connectivity index (χ1) is 19.8. The van der Waals surface area contributed by atoms with Crippen LogP contribution in [0.1, 0.15) is 48.9 Å². The second-order valence-electron chi connectivity index (χ2n) is 11.2. The van der Waals surface area contributed by atoms with Crippen molar-refractivity contribution in [3.05, 3.63) is 99.5 Å². The fourth-order valence-electron chi connectivity index (χ4n) is 4.78. The van der Waals surface area contributed by atoms with E-state index in [9.17, 15) is 18.0 Å². The van der Waals surface area contributed by atoms with Gasteiger partial charge in [0.25, 0.3) is 0 Å². The van der Waals surface area contributed by atoms with E-state index in [4.69, 9.17) is 0 Å². The van der Waals surface area contributed by atoms with Crippen LogP contribution in [0.4, 0.5) is 5.69 Å². The van der Waals surface area contributed by atoms with Crippen molar-refractivity contribution in [2.45, 2.75) is 59.5 Å². The van der Waals surface area contributed by atoms with Crippen LogP contribution >= 0.6 is 15.9 Å². The van der Waals surface area contributed by atoms with Gasteiger partial charge in [0.1, 0.15) is 6.04 Å². The number of halogens is 1. The maximum atomic E-state index is 14.0. The number of aryl methyl sites for hydroxylation is 2. The average molecular weight is 657 g/mol. The molecule has 2 amide bonds. The van der Waals surface area contributed by atoms with Crippen LogP contribution in [-0.2, 0) is 32.6 Å². The van der Waals surface area contributed by atoms with Gasteiger partial charge in [-0.1, -0.05) is 84.4 Å². The smallest absolute Gasteiger partial charge is 0.243 e. The molecular formula is C33H42BrN3O4S. The van der Waals surface area contributed by atoms with Gasteiger partial charge in [0, 0.05) is 36.9 Å². The summed E-state index contributed by atoms with van der Waals surface area (Å²) in [5, 5.41) is 3.03. The van der Waals surface area contributed by atoms with Crippen LogP contribution in [0, 0.1) is 19.8 Å². The molecule has 0 radical (unpaired) electrons. The fourth-order valence-corrected chi connectivity index (χ4v) is 6.24. The Hall–Kier alpha value is -3.17. The average Bonchev–Trinajstić information content (AvgIpc) is 2.93. The zero-order valence-corrected chi connectivity index (χ0v) is 27.5. The van der Waals surface area contributed by atoms with E-state index >= 15 is 0 Å². The minimum absolute atomic E-state index is 0.0909. The van der Waals surface area contributed by atoms with E-state index in [0.29, 0.717) is 25.1 Å². The van der Waals surface area contributed by atoms with Gasteiger partial charge in [-0.25, -0.2) is 8.42 Å². The first kappa shape index (κ1) is 33.3. The van der Waals surface area contributed by atoms with Crippen molar-refractivity contribution in [1.82, 2.24) is 10.2 Å². The molecule has 0 saturated heterocycles. The van der Waals surface area contributed by atoms with Crippen molar-refractivity contribution in [3.63, 3.8) is 0 Å². The van der Waals surface area contributed by atoms with Crippen molar-refractivity contribution in [2.75, 3.05) is 23.7 Å². The lowest BCUT2D eigenvalue weighted by molar-refractivity contribution is -0.141. The number of hydrogen-bond donors (Lipinski definition) is 1. The SMILES string of the molecule is Cc1ccc(C)c(N(CCCC(=O)N(Cc2cccc(Br)c2)[C@@H](Cc2ccccc2)C(=O)NCC(C)C)S(C)(=O)=O)c1. The number of benzene rings is 3. The third-order valence-electron chi connectivity index (χ3n) is 6.98. The van der Waals surface area contributed by atoms with Crippen LogP contribution < -0.4 is 9.62 Å². The molecule has 1 N–H and O–H groups in total. The van der Waals surface area contributed by atoms with Crippen LogP contribution in [0.5, 0.6) is 0 Å². The summed E-state index contributed by atoms with van der Waals surface area (Å²) in [6, 6.07) is 22.3. The minimum atomic E-state index is -3.58. The monoisotopic (exact) mass is 655 g/mol. The largest absolute Gasteiger partial charge is 0.354 e. The van der Waals surface area contributed by atoms with Crippen LogP contribution in [0.15, 0.2) is 77.3 Å². The van der Waals surface area contributed by atoms with E-state index in [1.807, 2.05) is 100 Å². The maximum Gasteiger partial charge on any atom is 0.243 e. The molecule has 0 aliphatic heterocycles. The van der Waals surface area contributed by atoms with Gasteiger partial charge in [0.15, 0.2) is 0 Å². The molecule has 0 aliphatic carbocycles. The van der Waals surface area contributed by atoms with E-state index in [0.717, 1.165) is 26.7 Å². The first-order valence-electron chi connectivity index (χ1n) is 14.3. The lowest BCUT2D eigenvalue weighted by Gasteiger charge is -2.32. The highest BCUT2D eigenvalue weighted by Gasteiger charge is 2.30. The minimum Gasteiger partial charge on any atom is -0.354 e. The van der Waals surface area contributed by atoms with Crippen molar-refractivity contribution >= 4 is 43.5 Å². The van der Waals surface area contributed by atoms with Crippen LogP contribution in [0.25, 0.3) is 0 Å². The normalized spacial score (nSPS) is 12.2. The highest BCUT2D eigenvalue weighted by atomic mass is 79.9. The third kappa shape index (κ3) is 9.98. The molecule has 3 rings (SSSR count). The predicted octanol–water partition coefficient (Wildman–Crippen LogP) is 6.02. The van der Waals surface area contributed by atoms with Gasteiger partial charge in [-0.3, -0.25) is 13.9 Å². The molecule has 1 atom stereocenters. The summed E-state index contributed by atoms with van der Waals surface area (Å²) < 4.78 is 27.8. The summed E-state index contributed by atoms with van der Waals surface area (Å²) >= 11 is 3.51. The number of sulfonamides is 1. The Morgan fingerprint density at radius 3 is 2.26 bits per heavy atom. The van der Waals surface area contributed by atoms with Gasteiger partial charge in [0.05, 0.1) is 11.9 Å². The van der Waals surface area contributed by atoms with Crippen molar-refractivity contribution < 1.29 is 18.0 Å². The van der Waals surface area contributed by atoms with E-state index in [1.54, 1.807) is 4.90 Å². The standard InChI is InChI=1S/C33H42BrN3O4S/c1-24(2)22-35-33(39)31(21-27-11-7-6-8-12-27)36(23-28-13-9-14-29(34)20-28)32(38)15-10-18-37(42(5,40)41)30-19-25(3)16-17-26(30)4/h6-9,11-14,16-17,19-20,24,31H,10,15,18,21-23H2,1-5H3,(H,35,39)/t31-/m0/s1. The Morgan fingerprint density at radius 2 is 1.62 bits per heavy atom. The molecule has 7 nitrogen and oxygen atoms in total. The highest BCUT2D eigenvalue weighted by Crippen LogP contribution is 2.25. The lowest BCUT2D eigenvalue weighted by atomic mass is 10.0. The number of nitrogens with zero attached hydrogens (tertiary/aromatic N) is 2. The first-order valence-corrected chi connectivity index (χ1v) is 16.9. The molecule has 226 valence electrons. The molecule has 42 heavy (non-hydrogen) atoms. The zero-order chi connectivity index (χ0) is 30.9. The second kappa shape index (κ2) is 15.3. The summed E-state index contributed by atoms with van der Waals surface area (Å²) in [7, 11) is -3.58. The molecule has 0 bridgehead atoms. The molecular weight excluding hydrogens is 614 g/mol. The van der Waals surface area contributed by atoms with Crippen molar-refractivity contribution in [2.24, 2.45) is 5.92 Å². The Bertz CT molecular complexity index is 1460. The van der Waals surface area contributed by atoms with Crippen LogP contribution in [0.2, 0.25) is 0 Å². The van der Waals surface area contributed by atoms with Crippen LogP contribution in [0.3, 0.4) is 0 Å². The molecule has 0 spiro atoms. The number of nitrogens with one attached hydrogen (secondary N) is 1. The number of anilines is 1. The molecule has 9 heteroatoms. The lowest BCUT2D eigenvalue weighted by Crippen LogP contribution is -2.51. The summed E-state index contributed by atoms with van der Waals surface area (Å²) in [4.78, 5) is 29.2. The molecule has 0 aromatic heterocycles. The van der Waals surface area contributed by atoms with Gasteiger partial charge >= 0.3 is 0 Å². The van der Waals surface area contributed by atoms with Gasteiger partial charge in [-0.05, 0) is 66.6 Å². The van der Waals surface area contributed by atoms with E-state index in [1.165, 1.54) is 10.6 Å². The number of carbonyl (C=O) groups is 2. The number of carbonyl (C=O) groups excluding carboxylic acids is 2. The van der Waals surface area contributed by atoms with Gasteiger partial charge < -0.3 is 10.2 Å². The molecule has 3 aromatic carbocycles. The Balaban J connectivity index is 1.90. The Kier molecular flexibility index (Phi) is 12.2. The second-order valence-corrected chi connectivity index (χ2v) is 14.0. The molecule has 0 fully saturated rings. The Morgan fingerprint density at radius 1 is 0.929 bits per heavy atom. The Labute approximate surface area is 259 Å². The van der Waals surface area contributed by atoms with Gasteiger partial charge in [-0.15, -0.1) is 0 Å². The van der Waals surface area contributed by atoms with E-state index in [-0.39, 0.29) is 37.2 Å².